The van der Waals surface area contributed by atoms with Crippen molar-refractivity contribution in [2.45, 2.75) is 6.92 Å². The van der Waals surface area contributed by atoms with Crippen LogP contribution in [0.5, 0.6) is 0 Å². The number of hydrogen-bond donors (Lipinski definition) is 4. The number of nitrogens with one attached hydrogen (secondary N) is 3. The minimum Gasteiger partial charge on any atom is -0.351 e. The third-order valence-electron chi connectivity index (χ3n) is 3.25. The zero-order chi connectivity index (χ0) is 13.8. The third kappa shape index (κ3) is 3.45. The molecule has 0 aromatic heterocycles. The van der Waals surface area contributed by atoms with Gasteiger partial charge in [0.05, 0.1) is 5.92 Å². The number of carbonyl (C=O) groups is 2. The van der Waals surface area contributed by atoms with Crippen LogP contribution in [0, 0.1) is 11.8 Å². The van der Waals surface area contributed by atoms with E-state index in [1.165, 1.54) is 0 Å². The highest BCUT2D eigenvalue weighted by Crippen LogP contribution is 2.20. The van der Waals surface area contributed by atoms with Gasteiger partial charge in [0, 0.05) is 17.9 Å². The molecule has 6 nitrogen and oxygen atoms in total. The Morgan fingerprint density at radius 3 is 2.53 bits per heavy atom. The van der Waals surface area contributed by atoms with Crippen LogP contribution < -0.4 is 21.7 Å². The predicted octanol–water partition coefficient (Wildman–Crippen LogP) is 0.971. The molecule has 5 N–H and O–H groups in total. The normalized spacial score (nSPS) is 21.9. The first-order chi connectivity index (χ1) is 9.06. The molecule has 6 heteroatoms. The van der Waals surface area contributed by atoms with Gasteiger partial charge in [0.15, 0.2) is 0 Å². The van der Waals surface area contributed by atoms with Gasteiger partial charge in [-0.25, -0.2) is 4.79 Å². The second kappa shape index (κ2) is 5.71. The first kappa shape index (κ1) is 13.4. The summed E-state index contributed by atoms with van der Waals surface area (Å²) in [6.07, 6.45) is 0. The molecule has 1 fully saturated rings. The van der Waals surface area contributed by atoms with Crippen LogP contribution in [0.4, 0.5) is 16.2 Å². The summed E-state index contributed by atoms with van der Waals surface area (Å²) in [6.45, 7) is 3.61. The number of primary amides is 1. The van der Waals surface area contributed by atoms with Crippen molar-refractivity contribution in [1.82, 2.24) is 5.32 Å². The topological polar surface area (TPSA) is 96.2 Å². The standard InChI is InChI=1S/C13H18N4O2/c1-8-6-15-7-11(8)12(18)16-9-3-2-4-10(5-9)17-13(14)19/h2-5,8,11,15H,6-7H2,1H3,(H,16,18)(H3,14,17,19)/t8-,11-/m1/s1. The van der Waals surface area contributed by atoms with E-state index in [9.17, 15) is 9.59 Å². The molecule has 1 aromatic rings. The van der Waals surface area contributed by atoms with Crippen molar-refractivity contribution in [3.05, 3.63) is 24.3 Å². The van der Waals surface area contributed by atoms with Crippen molar-refractivity contribution >= 4 is 23.3 Å². The van der Waals surface area contributed by atoms with E-state index in [4.69, 9.17) is 5.73 Å². The molecule has 1 heterocycles. The maximum absolute atomic E-state index is 12.1. The average molecular weight is 262 g/mol. The van der Waals surface area contributed by atoms with Crippen molar-refractivity contribution < 1.29 is 9.59 Å². The summed E-state index contributed by atoms with van der Waals surface area (Å²) < 4.78 is 0. The monoisotopic (exact) mass is 262 g/mol. The molecule has 2 atom stereocenters. The molecule has 1 aliphatic heterocycles. The Kier molecular flexibility index (Phi) is 4.01. The molecule has 2 rings (SSSR count). The average Bonchev–Trinajstić information content (AvgIpc) is 2.75. The zero-order valence-corrected chi connectivity index (χ0v) is 10.8. The molecule has 0 bridgehead atoms. The highest BCUT2D eigenvalue weighted by Gasteiger charge is 2.29. The SMILES string of the molecule is C[C@@H]1CNC[C@H]1C(=O)Nc1cccc(NC(N)=O)c1. The van der Waals surface area contributed by atoms with Gasteiger partial charge in [-0.1, -0.05) is 13.0 Å². The van der Waals surface area contributed by atoms with Crippen LogP contribution in [-0.4, -0.2) is 25.0 Å². The molecular formula is C13H18N4O2. The van der Waals surface area contributed by atoms with E-state index >= 15 is 0 Å². The quantitative estimate of drug-likeness (QED) is 0.653. The second-order valence-electron chi connectivity index (χ2n) is 4.80. The van der Waals surface area contributed by atoms with E-state index in [0.717, 1.165) is 6.54 Å². The van der Waals surface area contributed by atoms with Gasteiger partial charge in [0.2, 0.25) is 5.91 Å². The van der Waals surface area contributed by atoms with Crippen LogP contribution >= 0.6 is 0 Å². The molecule has 1 aliphatic rings. The molecule has 0 aliphatic carbocycles. The Labute approximate surface area is 111 Å². The maximum Gasteiger partial charge on any atom is 0.316 e. The van der Waals surface area contributed by atoms with Crippen molar-refractivity contribution in [1.29, 1.82) is 0 Å². The number of urea groups is 1. The van der Waals surface area contributed by atoms with Crippen LogP contribution in [0.25, 0.3) is 0 Å². The Balaban J connectivity index is 2.02. The summed E-state index contributed by atoms with van der Waals surface area (Å²) in [6, 6.07) is 6.28. The lowest BCUT2D eigenvalue weighted by atomic mass is 9.97. The lowest BCUT2D eigenvalue weighted by Gasteiger charge is -2.14. The summed E-state index contributed by atoms with van der Waals surface area (Å²) in [5.41, 5.74) is 6.25. The number of hydrogen-bond acceptors (Lipinski definition) is 3. The molecule has 1 aromatic carbocycles. The Hall–Kier alpha value is -2.08. The summed E-state index contributed by atoms with van der Waals surface area (Å²) in [4.78, 5) is 22.9. The van der Waals surface area contributed by atoms with Gasteiger partial charge in [0.1, 0.15) is 0 Å². The second-order valence-corrected chi connectivity index (χ2v) is 4.80. The van der Waals surface area contributed by atoms with E-state index in [-0.39, 0.29) is 11.8 Å². The fourth-order valence-electron chi connectivity index (χ4n) is 2.21. The smallest absolute Gasteiger partial charge is 0.316 e. The Morgan fingerprint density at radius 2 is 1.95 bits per heavy atom. The highest BCUT2D eigenvalue weighted by molar-refractivity contribution is 5.94. The molecule has 0 unspecified atom stereocenters. The summed E-state index contributed by atoms with van der Waals surface area (Å²) in [5.74, 6) is 0.299. The zero-order valence-electron chi connectivity index (χ0n) is 10.8. The Morgan fingerprint density at radius 1 is 1.26 bits per heavy atom. The summed E-state index contributed by atoms with van der Waals surface area (Å²) in [5, 5.41) is 8.52. The van der Waals surface area contributed by atoms with Crippen LogP contribution in [0.15, 0.2) is 24.3 Å². The fourth-order valence-corrected chi connectivity index (χ4v) is 2.21. The van der Waals surface area contributed by atoms with Crippen LogP contribution in [0.1, 0.15) is 6.92 Å². The van der Waals surface area contributed by atoms with Gasteiger partial charge in [-0.15, -0.1) is 0 Å². The van der Waals surface area contributed by atoms with Gasteiger partial charge in [-0.05, 0) is 30.7 Å². The molecule has 0 spiro atoms. The molecule has 0 radical (unpaired) electrons. The van der Waals surface area contributed by atoms with E-state index in [1.807, 2.05) is 0 Å². The van der Waals surface area contributed by atoms with Crippen molar-refractivity contribution in [2.24, 2.45) is 17.6 Å². The van der Waals surface area contributed by atoms with Crippen LogP contribution in [0.2, 0.25) is 0 Å². The number of nitrogens with two attached hydrogens (primary N) is 1. The van der Waals surface area contributed by atoms with E-state index in [1.54, 1.807) is 24.3 Å². The van der Waals surface area contributed by atoms with E-state index < -0.39 is 6.03 Å². The number of amides is 3. The molecule has 3 amide bonds. The highest BCUT2D eigenvalue weighted by atomic mass is 16.2. The van der Waals surface area contributed by atoms with E-state index in [0.29, 0.717) is 23.8 Å². The van der Waals surface area contributed by atoms with Gasteiger partial charge in [-0.3, -0.25) is 4.79 Å². The van der Waals surface area contributed by atoms with Crippen molar-refractivity contribution in [3.63, 3.8) is 0 Å². The third-order valence-corrected chi connectivity index (χ3v) is 3.25. The largest absolute Gasteiger partial charge is 0.351 e. The van der Waals surface area contributed by atoms with Gasteiger partial charge in [-0.2, -0.15) is 0 Å². The first-order valence-electron chi connectivity index (χ1n) is 6.24. The van der Waals surface area contributed by atoms with Gasteiger partial charge in [0.25, 0.3) is 0 Å². The van der Waals surface area contributed by atoms with Gasteiger partial charge < -0.3 is 21.7 Å². The minimum atomic E-state index is -0.628. The maximum atomic E-state index is 12.1. The minimum absolute atomic E-state index is 0.00581. The first-order valence-corrected chi connectivity index (χ1v) is 6.24. The number of benzene rings is 1. The predicted molar refractivity (Wildman–Crippen MR) is 73.8 cm³/mol. The number of rotatable bonds is 3. The molecule has 102 valence electrons. The van der Waals surface area contributed by atoms with Crippen LogP contribution in [0.3, 0.4) is 0 Å². The summed E-state index contributed by atoms with van der Waals surface area (Å²) in [7, 11) is 0. The summed E-state index contributed by atoms with van der Waals surface area (Å²) >= 11 is 0. The number of carbonyl (C=O) groups excluding carboxylic acids is 2. The lowest BCUT2D eigenvalue weighted by Crippen LogP contribution is -2.27. The van der Waals surface area contributed by atoms with Crippen molar-refractivity contribution in [2.75, 3.05) is 23.7 Å². The van der Waals surface area contributed by atoms with Gasteiger partial charge >= 0.3 is 6.03 Å². The van der Waals surface area contributed by atoms with Crippen molar-refractivity contribution in [3.8, 4) is 0 Å². The van der Waals surface area contributed by atoms with E-state index in [2.05, 4.69) is 22.9 Å². The fraction of sp³-hybridized carbons (Fsp3) is 0.385. The van der Waals surface area contributed by atoms with Crippen LogP contribution in [-0.2, 0) is 4.79 Å². The molecule has 1 saturated heterocycles. The Bertz CT molecular complexity index is 489. The number of anilines is 2. The molecule has 0 saturated carbocycles. The molecular weight excluding hydrogens is 244 g/mol. The lowest BCUT2D eigenvalue weighted by molar-refractivity contribution is -0.120. The molecule has 19 heavy (non-hydrogen) atoms.